The number of carboxylic acid groups (broad SMARTS) is 1. The second-order valence-corrected chi connectivity index (χ2v) is 7.04. The molecule has 0 saturated carbocycles. The number of amides is 1. The molecule has 25 heavy (non-hydrogen) atoms. The fourth-order valence-electron chi connectivity index (χ4n) is 2.80. The van der Waals surface area contributed by atoms with Crippen LogP contribution in [-0.2, 0) is 6.42 Å². The molecule has 0 fully saturated rings. The van der Waals surface area contributed by atoms with Crippen molar-refractivity contribution in [3.8, 4) is 0 Å². The number of nitrogens with one attached hydrogen (secondary N) is 1. The van der Waals surface area contributed by atoms with Crippen LogP contribution in [0.25, 0.3) is 11.0 Å². The number of carboxylic acids is 1. The fourth-order valence-corrected chi connectivity index (χ4v) is 3.56. The van der Waals surface area contributed by atoms with Crippen molar-refractivity contribution < 1.29 is 14.7 Å². The smallest absolute Gasteiger partial charge is 0.345 e. The van der Waals surface area contributed by atoms with E-state index in [0.717, 1.165) is 28.2 Å². The minimum Gasteiger partial charge on any atom is -0.477 e. The SMILES string of the molecule is CC(C)n1c(CCNC(=O)c2ccc(C(=O)O)s2)nc2ccccc21. The van der Waals surface area contributed by atoms with Crippen molar-refractivity contribution in [1.29, 1.82) is 0 Å². The Bertz CT molecular complexity index is 927. The van der Waals surface area contributed by atoms with Gasteiger partial charge in [0.05, 0.1) is 15.9 Å². The first-order valence-electron chi connectivity index (χ1n) is 8.04. The van der Waals surface area contributed by atoms with Crippen molar-refractivity contribution >= 4 is 34.2 Å². The third kappa shape index (κ3) is 3.56. The predicted octanol–water partition coefficient (Wildman–Crippen LogP) is 3.35. The zero-order valence-corrected chi connectivity index (χ0v) is 14.8. The molecular weight excluding hydrogens is 338 g/mol. The summed E-state index contributed by atoms with van der Waals surface area (Å²) in [6, 6.07) is 11.2. The van der Waals surface area contributed by atoms with Gasteiger partial charge in [0.25, 0.3) is 5.91 Å². The lowest BCUT2D eigenvalue weighted by Gasteiger charge is -2.13. The summed E-state index contributed by atoms with van der Waals surface area (Å²) in [5.41, 5.74) is 2.03. The van der Waals surface area contributed by atoms with Crippen molar-refractivity contribution in [2.45, 2.75) is 26.3 Å². The highest BCUT2D eigenvalue weighted by Gasteiger charge is 2.15. The Balaban J connectivity index is 1.69. The number of hydrogen-bond donors (Lipinski definition) is 2. The third-order valence-corrected chi connectivity index (χ3v) is 4.93. The Kier molecular flexibility index (Phi) is 4.85. The topological polar surface area (TPSA) is 84.2 Å². The first-order valence-corrected chi connectivity index (χ1v) is 8.86. The normalized spacial score (nSPS) is 11.2. The molecule has 0 aliphatic carbocycles. The number of imidazole rings is 1. The largest absolute Gasteiger partial charge is 0.477 e. The highest BCUT2D eigenvalue weighted by molar-refractivity contribution is 7.15. The van der Waals surface area contributed by atoms with E-state index in [1.807, 2.05) is 24.3 Å². The summed E-state index contributed by atoms with van der Waals surface area (Å²) in [6.07, 6.45) is 0.607. The Morgan fingerprint density at radius 2 is 1.92 bits per heavy atom. The number of hydrogen-bond acceptors (Lipinski definition) is 4. The number of carbonyl (C=O) groups is 2. The quantitative estimate of drug-likeness (QED) is 0.708. The zero-order valence-electron chi connectivity index (χ0n) is 14.0. The van der Waals surface area contributed by atoms with Gasteiger partial charge in [-0.25, -0.2) is 9.78 Å². The predicted molar refractivity (Wildman–Crippen MR) is 97.4 cm³/mol. The lowest BCUT2D eigenvalue weighted by Crippen LogP contribution is -2.26. The number of benzene rings is 1. The van der Waals surface area contributed by atoms with Gasteiger partial charge in [-0.3, -0.25) is 4.79 Å². The summed E-state index contributed by atoms with van der Waals surface area (Å²) in [5.74, 6) is -0.353. The number of rotatable bonds is 6. The Morgan fingerprint density at radius 1 is 1.20 bits per heavy atom. The molecule has 2 N–H and O–H groups in total. The van der Waals surface area contributed by atoms with Crippen LogP contribution in [0.15, 0.2) is 36.4 Å². The van der Waals surface area contributed by atoms with E-state index in [2.05, 4.69) is 28.7 Å². The molecule has 0 aliphatic heterocycles. The maximum Gasteiger partial charge on any atom is 0.345 e. The van der Waals surface area contributed by atoms with Crippen LogP contribution in [0.3, 0.4) is 0 Å². The average molecular weight is 357 g/mol. The zero-order chi connectivity index (χ0) is 18.0. The summed E-state index contributed by atoms with van der Waals surface area (Å²) in [4.78, 5) is 28.3. The minimum atomic E-state index is -1.02. The summed E-state index contributed by atoms with van der Waals surface area (Å²) in [6.45, 7) is 4.65. The number of para-hydroxylation sites is 2. The number of carbonyl (C=O) groups excluding carboxylic acids is 1. The number of fused-ring (bicyclic) bond motifs is 1. The van der Waals surface area contributed by atoms with Crippen LogP contribution in [0, 0.1) is 0 Å². The van der Waals surface area contributed by atoms with Gasteiger partial charge in [0.2, 0.25) is 0 Å². The first-order chi connectivity index (χ1) is 12.0. The molecule has 1 aromatic carbocycles. The maximum absolute atomic E-state index is 12.1. The number of aromatic nitrogens is 2. The van der Waals surface area contributed by atoms with Crippen molar-refractivity contribution in [3.05, 3.63) is 52.0 Å². The van der Waals surface area contributed by atoms with Gasteiger partial charge in [-0.15, -0.1) is 11.3 Å². The van der Waals surface area contributed by atoms with Crippen molar-refractivity contribution in [2.24, 2.45) is 0 Å². The maximum atomic E-state index is 12.1. The summed E-state index contributed by atoms with van der Waals surface area (Å²) in [5, 5.41) is 11.8. The minimum absolute atomic E-state index is 0.159. The monoisotopic (exact) mass is 357 g/mol. The number of nitrogens with zero attached hydrogens (tertiary/aromatic N) is 2. The highest BCUT2D eigenvalue weighted by Crippen LogP contribution is 2.21. The molecule has 0 bridgehead atoms. The molecule has 0 atom stereocenters. The summed E-state index contributed by atoms with van der Waals surface area (Å²) >= 11 is 0.975. The molecule has 3 rings (SSSR count). The van der Waals surface area contributed by atoms with Crippen molar-refractivity contribution in [2.75, 3.05) is 6.54 Å². The molecule has 7 heteroatoms. The Morgan fingerprint density at radius 3 is 2.60 bits per heavy atom. The second-order valence-electron chi connectivity index (χ2n) is 5.96. The molecule has 0 aliphatic rings. The summed E-state index contributed by atoms with van der Waals surface area (Å²) in [7, 11) is 0. The van der Waals surface area contributed by atoms with Crippen LogP contribution < -0.4 is 5.32 Å². The number of thiophene rings is 1. The van der Waals surface area contributed by atoms with E-state index in [9.17, 15) is 9.59 Å². The molecule has 0 spiro atoms. The van der Waals surface area contributed by atoms with Crippen molar-refractivity contribution in [3.63, 3.8) is 0 Å². The van der Waals surface area contributed by atoms with Gasteiger partial charge in [-0.2, -0.15) is 0 Å². The van der Waals surface area contributed by atoms with E-state index in [1.165, 1.54) is 12.1 Å². The Hall–Kier alpha value is -2.67. The average Bonchev–Trinajstić information content (AvgIpc) is 3.19. The van der Waals surface area contributed by atoms with Crippen LogP contribution in [0.1, 0.15) is 45.1 Å². The van der Waals surface area contributed by atoms with Gasteiger partial charge < -0.3 is 15.0 Å². The van der Waals surface area contributed by atoms with Gasteiger partial charge in [-0.05, 0) is 38.1 Å². The molecule has 0 unspecified atom stereocenters. The molecule has 130 valence electrons. The van der Waals surface area contributed by atoms with Crippen LogP contribution in [0.4, 0.5) is 0 Å². The van der Waals surface area contributed by atoms with E-state index in [-0.39, 0.29) is 16.8 Å². The first kappa shape index (κ1) is 17.2. The molecular formula is C18H19N3O3S. The van der Waals surface area contributed by atoms with E-state index in [0.29, 0.717) is 17.8 Å². The molecule has 0 radical (unpaired) electrons. The lowest BCUT2D eigenvalue weighted by atomic mass is 10.3. The van der Waals surface area contributed by atoms with Gasteiger partial charge in [0.1, 0.15) is 10.7 Å². The van der Waals surface area contributed by atoms with Gasteiger partial charge in [-0.1, -0.05) is 12.1 Å². The molecule has 2 heterocycles. The molecule has 3 aromatic rings. The van der Waals surface area contributed by atoms with Gasteiger partial charge >= 0.3 is 5.97 Å². The fraction of sp³-hybridized carbons (Fsp3) is 0.278. The molecule has 1 amide bonds. The van der Waals surface area contributed by atoms with Crippen molar-refractivity contribution in [1.82, 2.24) is 14.9 Å². The van der Waals surface area contributed by atoms with Crippen LogP contribution in [-0.4, -0.2) is 33.1 Å². The van der Waals surface area contributed by atoms with E-state index in [1.54, 1.807) is 0 Å². The molecule has 2 aromatic heterocycles. The molecule has 6 nitrogen and oxygen atoms in total. The second kappa shape index (κ2) is 7.06. The van der Waals surface area contributed by atoms with Gasteiger partial charge in [0, 0.05) is 19.0 Å². The van der Waals surface area contributed by atoms with E-state index in [4.69, 9.17) is 5.11 Å². The summed E-state index contributed by atoms with van der Waals surface area (Å²) < 4.78 is 2.18. The highest BCUT2D eigenvalue weighted by atomic mass is 32.1. The standard InChI is InChI=1S/C18H19N3O3S/c1-11(2)21-13-6-4-3-5-12(13)20-16(21)9-10-19-17(22)14-7-8-15(25-14)18(23)24/h3-8,11H,9-10H2,1-2H3,(H,19,22)(H,23,24). The van der Waals surface area contributed by atoms with Gasteiger partial charge in [0.15, 0.2) is 0 Å². The lowest BCUT2D eigenvalue weighted by molar-refractivity contribution is 0.0702. The molecule has 0 saturated heterocycles. The third-order valence-electron chi connectivity index (χ3n) is 3.86. The Labute approximate surface area is 149 Å². The van der Waals surface area contributed by atoms with Crippen LogP contribution in [0.2, 0.25) is 0 Å². The van der Waals surface area contributed by atoms with Crippen LogP contribution in [0.5, 0.6) is 0 Å². The van der Waals surface area contributed by atoms with Crippen LogP contribution >= 0.6 is 11.3 Å². The van der Waals surface area contributed by atoms with E-state index >= 15 is 0 Å². The van der Waals surface area contributed by atoms with E-state index < -0.39 is 5.97 Å². The number of aromatic carboxylic acids is 1.